The Morgan fingerprint density at radius 1 is 1.37 bits per heavy atom. The maximum Gasteiger partial charge on any atom is 0.256 e. The molecule has 1 amide bonds. The number of thioether (sulfide) groups is 1. The number of nitrogens with zero attached hydrogens (tertiary/aromatic N) is 1. The van der Waals surface area contributed by atoms with Crippen molar-refractivity contribution in [2.75, 3.05) is 25.9 Å². The fraction of sp³-hybridized carbons (Fsp3) is 0.500. The number of carbonyl (C=O) groups is 1. The van der Waals surface area contributed by atoms with Gasteiger partial charge in [0, 0.05) is 35.3 Å². The predicted molar refractivity (Wildman–Crippen MR) is 79.8 cm³/mol. The summed E-state index contributed by atoms with van der Waals surface area (Å²) >= 11 is 1.92. The third-order valence-corrected chi connectivity index (χ3v) is 4.42. The molecule has 2 N–H and O–H groups in total. The van der Waals surface area contributed by atoms with Gasteiger partial charge in [-0.05, 0) is 12.1 Å². The number of nitrogens with two attached hydrogens (primary N) is 1. The Bertz CT molecular complexity index is 469. The van der Waals surface area contributed by atoms with Crippen molar-refractivity contribution in [2.45, 2.75) is 24.3 Å². The minimum absolute atomic E-state index is 0.0131. The van der Waals surface area contributed by atoms with Crippen LogP contribution in [0.2, 0.25) is 0 Å². The smallest absolute Gasteiger partial charge is 0.256 e. The van der Waals surface area contributed by atoms with Crippen LogP contribution in [-0.2, 0) is 0 Å². The second-order valence-electron chi connectivity index (χ2n) is 4.92. The molecule has 1 aromatic rings. The van der Waals surface area contributed by atoms with Gasteiger partial charge in [0.1, 0.15) is 5.75 Å². The molecule has 104 valence electrons. The zero-order chi connectivity index (χ0) is 14.0. The Morgan fingerprint density at radius 3 is 2.53 bits per heavy atom. The molecule has 1 aromatic carbocycles. The highest BCUT2D eigenvalue weighted by Crippen LogP contribution is 2.27. The van der Waals surface area contributed by atoms with E-state index in [1.54, 1.807) is 25.3 Å². The van der Waals surface area contributed by atoms with E-state index in [9.17, 15) is 4.79 Å². The average Bonchev–Trinajstić information content (AvgIpc) is 2.36. The molecule has 0 aliphatic carbocycles. The number of rotatable bonds is 2. The average molecular weight is 280 g/mol. The zero-order valence-electron chi connectivity index (χ0n) is 11.6. The van der Waals surface area contributed by atoms with Gasteiger partial charge in [-0.2, -0.15) is 11.8 Å². The number of methoxy groups -OCH3 is 1. The number of carbonyl (C=O) groups excluding carboxylic acids is 1. The number of hydrogen-bond acceptors (Lipinski definition) is 4. The molecule has 2 unspecified atom stereocenters. The van der Waals surface area contributed by atoms with E-state index in [1.807, 2.05) is 16.7 Å². The van der Waals surface area contributed by atoms with Crippen LogP contribution in [0.4, 0.5) is 5.69 Å². The van der Waals surface area contributed by atoms with E-state index >= 15 is 0 Å². The lowest BCUT2D eigenvalue weighted by atomic mass is 10.1. The lowest BCUT2D eigenvalue weighted by Gasteiger charge is -2.34. The summed E-state index contributed by atoms with van der Waals surface area (Å²) in [5.41, 5.74) is 6.98. The van der Waals surface area contributed by atoms with Gasteiger partial charge in [0.2, 0.25) is 0 Å². The van der Waals surface area contributed by atoms with Crippen LogP contribution in [-0.4, -0.2) is 41.5 Å². The number of amides is 1. The van der Waals surface area contributed by atoms with Crippen molar-refractivity contribution >= 4 is 23.4 Å². The van der Waals surface area contributed by atoms with Crippen molar-refractivity contribution in [1.29, 1.82) is 0 Å². The van der Waals surface area contributed by atoms with Crippen LogP contribution in [0.5, 0.6) is 5.75 Å². The van der Waals surface area contributed by atoms with Gasteiger partial charge in [-0.1, -0.05) is 13.8 Å². The summed E-state index contributed by atoms with van der Waals surface area (Å²) < 4.78 is 5.10. The van der Waals surface area contributed by atoms with Crippen molar-refractivity contribution in [3.8, 4) is 5.75 Å². The van der Waals surface area contributed by atoms with Crippen LogP contribution in [0.3, 0.4) is 0 Å². The van der Waals surface area contributed by atoms with Gasteiger partial charge in [0.05, 0.1) is 12.7 Å². The first-order valence-electron chi connectivity index (χ1n) is 6.39. The Morgan fingerprint density at radius 2 is 2.00 bits per heavy atom. The monoisotopic (exact) mass is 280 g/mol. The summed E-state index contributed by atoms with van der Waals surface area (Å²) in [6.45, 7) is 5.86. The second kappa shape index (κ2) is 5.74. The van der Waals surface area contributed by atoms with Crippen LogP contribution >= 0.6 is 11.8 Å². The molecule has 1 saturated heterocycles. The predicted octanol–water partition coefficient (Wildman–Crippen LogP) is 2.24. The molecule has 2 atom stereocenters. The van der Waals surface area contributed by atoms with E-state index in [-0.39, 0.29) is 5.91 Å². The SMILES string of the molecule is COc1ccc(C(=O)N2CC(C)SC(C)C2)c(N)c1. The molecule has 5 heteroatoms. The summed E-state index contributed by atoms with van der Waals surface area (Å²) in [5, 5.41) is 0.930. The molecule has 1 heterocycles. The normalized spacial score (nSPS) is 23.2. The molecule has 0 bridgehead atoms. The topological polar surface area (TPSA) is 55.6 Å². The number of benzene rings is 1. The molecule has 1 fully saturated rings. The van der Waals surface area contributed by atoms with Crippen molar-refractivity contribution in [2.24, 2.45) is 0 Å². The number of anilines is 1. The van der Waals surface area contributed by atoms with Gasteiger partial charge in [-0.15, -0.1) is 0 Å². The van der Waals surface area contributed by atoms with Crippen LogP contribution in [0, 0.1) is 0 Å². The third kappa shape index (κ3) is 3.15. The molecule has 0 spiro atoms. The third-order valence-electron chi connectivity index (χ3n) is 3.20. The van der Waals surface area contributed by atoms with Gasteiger partial charge in [0.25, 0.3) is 5.91 Å². The molecule has 4 nitrogen and oxygen atoms in total. The molecular weight excluding hydrogens is 260 g/mol. The highest BCUT2D eigenvalue weighted by atomic mass is 32.2. The summed E-state index contributed by atoms with van der Waals surface area (Å²) in [5.74, 6) is 0.684. The fourth-order valence-electron chi connectivity index (χ4n) is 2.38. The van der Waals surface area contributed by atoms with Gasteiger partial charge >= 0.3 is 0 Å². The zero-order valence-corrected chi connectivity index (χ0v) is 12.4. The Hall–Kier alpha value is -1.36. The van der Waals surface area contributed by atoms with E-state index in [1.165, 1.54) is 0 Å². The lowest BCUT2D eigenvalue weighted by molar-refractivity contribution is 0.0754. The van der Waals surface area contributed by atoms with Gasteiger partial charge < -0.3 is 15.4 Å². The molecule has 19 heavy (non-hydrogen) atoms. The first-order chi connectivity index (χ1) is 9.01. The Labute approximate surface area is 118 Å². The molecule has 2 rings (SSSR count). The minimum atomic E-state index is 0.0131. The number of nitrogen functional groups attached to an aromatic ring is 1. The number of hydrogen-bond donors (Lipinski definition) is 1. The van der Waals surface area contributed by atoms with Crippen molar-refractivity contribution < 1.29 is 9.53 Å². The van der Waals surface area contributed by atoms with E-state index in [0.29, 0.717) is 27.5 Å². The van der Waals surface area contributed by atoms with Gasteiger partial charge in [-0.3, -0.25) is 4.79 Å². The molecule has 0 saturated carbocycles. The molecule has 0 aromatic heterocycles. The summed E-state index contributed by atoms with van der Waals surface area (Å²) in [7, 11) is 1.58. The number of ether oxygens (including phenoxy) is 1. The Balaban J connectivity index is 2.19. The highest BCUT2D eigenvalue weighted by molar-refractivity contribution is 8.00. The van der Waals surface area contributed by atoms with Gasteiger partial charge in [-0.25, -0.2) is 0 Å². The van der Waals surface area contributed by atoms with Crippen molar-refractivity contribution in [3.05, 3.63) is 23.8 Å². The molecule has 1 aliphatic rings. The van der Waals surface area contributed by atoms with E-state index < -0.39 is 0 Å². The quantitative estimate of drug-likeness (QED) is 0.844. The maximum atomic E-state index is 12.5. The minimum Gasteiger partial charge on any atom is -0.497 e. The molecular formula is C14H20N2O2S. The first-order valence-corrected chi connectivity index (χ1v) is 7.33. The lowest BCUT2D eigenvalue weighted by Crippen LogP contribution is -2.44. The largest absolute Gasteiger partial charge is 0.497 e. The molecule has 1 aliphatic heterocycles. The standard InChI is InChI=1S/C14H20N2O2S/c1-9-7-16(8-10(2)19-9)14(17)12-5-4-11(18-3)6-13(12)15/h4-6,9-10H,7-8,15H2,1-3H3. The second-order valence-corrected chi connectivity index (χ2v) is 6.80. The first kappa shape index (κ1) is 14.1. The van der Waals surface area contributed by atoms with E-state index in [0.717, 1.165) is 13.1 Å². The van der Waals surface area contributed by atoms with Crippen LogP contribution < -0.4 is 10.5 Å². The summed E-state index contributed by atoms with van der Waals surface area (Å²) in [6, 6.07) is 5.21. The Kier molecular flexibility index (Phi) is 4.24. The fourth-order valence-corrected chi connectivity index (χ4v) is 3.70. The van der Waals surface area contributed by atoms with Gasteiger partial charge in [0.15, 0.2) is 0 Å². The molecule has 0 radical (unpaired) electrons. The van der Waals surface area contributed by atoms with Crippen molar-refractivity contribution in [3.63, 3.8) is 0 Å². The van der Waals surface area contributed by atoms with Crippen LogP contribution in [0.1, 0.15) is 24.2 Å². The van der Waals surface area contributed by atoms with E-state index in [2.05, 4.69) is 13.8 Å². The van der Waals surface area contributed by atoms with Crippen LogP contribution in [0.25, 0.3) is 0 Å². The highest BCUT2D eigenvalue weighted by Gasteiger charge is 2.27. The van der Waals surface area contributed by atoms with E-state index in [4.69, 9.17) is 10.5 Å². The van der Waals surface area contributed by atoms with Crippen LogP contribution in [0.15, 0.2) is 18.2 Å². The summed E-state index contributed by atoms with van der Waals surface area (Å²) in [6.07, 6.45) is 0. The maximum absolute atomic E-state index is 12.5. The summed E-state index contributed by atoms with van der Waals surface area (Å²) in [4.78, 5) is 14.4. The van der Waals surface area contributed by atoms with Crippen molar-refractivity contribution in [1.82, 2.24) is 4.90 Å².